The molecular weight excluding hydrogens is 262 g/mol. The van der Waals surface area contributed by atoms with Gasteiger partial charge in [0.1, 0.15) is 0 Å². The van der Waals surface area contributed by atoms with Crippen molar-refractivity contribution in [3.63, 3.8) is 0 Å². The molecule has 0 bridgehead atoms. The third kappa shape index (κ3) is 4.37. The number of hydrogen-bond acceptors (Lipinski definition) is 3. The molecule has 1 aliphatic carbocycles. The van der Waals surface area contributed by atoms with Gasteiger partial charge in [-0.2, -0.15) is 0 Å². The van der Waals surface area contributed by atoms with Crippen LogP contribution in [0.15, 0.2) is 18.2 Å². The summed E-state index contributed by atoms with van der Waals surface area (Å²) in [4.78, 5) is 0. The van der Waals surface area contributed by atoms with Gasteiger partial charge in [0.15, 0.2) is 11.5 Å². The second kappa shape index (κ2) is 7.69. The van der Waals surface area contributed by atoms with Gasteiger partial charge in [-0.25, -0.2) is 0 Å². The molecule has 1 aromatic rings. The fourth-order valence-corrected chi connectivity index (χ4v) is 3.25. The lowest BCUT2D eigenvalue weighted by Gasteiger charge is -2.33. The Labute approximate surface area is 129 Å². The minimum absolute atomic E-state index is 0.675. The molecule has 1 N–H and O–H groups in total. The Morgan fingerprint density at radius 3 is 2.57 bits per heavy atom. The summed E-state index contributed by atoms with van der Waals surface area (Å²) >= 11 is 0. The van der Waals surface area contributed by atoms with Gasteiger partial charge in [-0.1, -0.05) is 26.3 Å². The van der Waals surface area contributed by atoms with E-state index in [0.717, 1.165) is 36.3 Å². The molecule has 0 heterocycles. The molecular formula is C18H29NO2. The van der Waals surface area contributed by atoms with Crippen LogP contribution in [0.1, 0.15) is 38.7 Å². The Balaban J connectivity index is 1.85. The third-order valence-corrected chi connectivity index (χ3v) is 4.73. The molecule has 21 heavy (non-hydrogen) atoms. The Bertz CT molecular complexity index is 447. The molecule has 1 aliphatic rings. The lowest BCUT2D eigenvalue weighted by atomic mass is 9.80. The SMILES string of the molecule is COc1ccc(CCNC2CC(C)CCC2C)cc1OC. The van der Waals surface area contributed by atoms with Crippen molar-refractivity contribution in [1.29, 1.82) is 0 Å². The summed E-state index contributed by atoms with van der Waals surface area (Å²) in [5.41, 5.74) is 1.29. The number of benzene rings is 1. The summed E-state index contributed by atoms with van der Waals surface area (Å²) in [5, 5.41) is 3.74. The maximum absolute atomic E-state index is 5.36. The predicted molar refractivity (Wildman–Crippen MR) is 87.2 cm³/mol. The van der Waals surface area contributed by atoms with E-state index in [0.29, 0.717) is 6.04 Å². The van der Waals surface area contributed by atoms with Crippen LogP contribution in [0.3, 0.4) is 0 Å². The smallest absolute Gasteiger partial charge is 0.160 e. The van der Waals surface area contributed by atoms with Crippen molar-refractivity contribution in [2.75, 3.05) is 20.8 Å². The summed E-state index contributed by atoms with van der Waals surface area (Å²) in [6.45, 7) is 5.77. The van der Waals surface area contributed by atoms with E-state index >= 15 is 0 Å². The first-order valence-corrected chi connectivity index (χ1v) is 8.08. The number of rotatable bonds is 6. The third-order valence-electron chi connectivity index (χ3n) is 4.73. The van der Waals surface area contributed by atoms with Crippen molar-refractivity contribution in [3.8, 4) is 11.5 Å². The average Bonchev–Trinajstić information content (AvgIpc) is 2.50. The molecule has 0 spiro atoms. The van der Waals surface area contributed by atoms with E-state index in [2.05, 4.69) is 31.3 Å². The molecule has 0 radical (unpaired) electrons. The molecule has 0 aromatic heterocycles. The summed E-state index contributed by atoms with van der Waals surface area (Å²) in [5.74, 6) is 3.27. The largest absolute Gasteiger partial charge is 0.493 e. The van der Waals surface area contributed by atoms with Crippen molar-refractivity contribution in [1.82, 2.24) is 5.32 Å². The molecule has 3 nitrogen and oxygen atoms in total. The van der Waals surface area contributed by atoms with Crippen LogP contribution < -0.4 is 14.8 Å². The molecule has 0 amide bonds. The highest BCUT2D eigenvalue weighted by molar-refractivity contribution is 5.42. The van der Waals surface area contributed by atoms with Crippen LogP contribution in [0.4, 0.5) is 0 Å². The summed E-state index contributed by atoms with van der Waals surface area (Å²) in [7, 11) is 3.36. The standard InChI is InChI=1S/C18H29NO2/c1-13-5-6-14(2)16(11-13)19-10-9-15-7-8-17(20-3)18(12-15)21-4/h7-8,12-14,16,19H,5-6,9-11H2,1-4H3. The summed E-state index contributed by atoms with van der Waals surface area (Å²) in [6.07, 6.45) is 5.08. The molecule has 1 saturated carbocycles. The van der Waals surface area contributed by atoms with Gasteiger partial charge in [-0.3, -0.25) is 0 Å². The highest BCUT2D eigenvalue weighted by Gasteiger charge is 2.24. The molecule has 118 valence electrons. The molecule has 3 unspecified atom stereocenters. The maximum atomic E-state index is 5.36. The molecule has 2 rings (SSSR count). The van der Waals surface area contributed by atoms with E-state index in [1.165, 1.54) is 24.8 Å². The first kappa shape index (κ1) is 16.2. The van der Waals surface area contributed by atoms with E-state index in [4.69, 9.17) is 9.47 Å². The fraction of sp³-hybridized carbons (Fsp3) is 0.667. The zero-order valence-corrected chi connectivity index (χ0v) is 13.8. The molecule has 3 heteroatoms. The summed E-state index contributed by atoms with van der Waals surface area (Å²) in [6, 6.07) is 6.86. The van der Waals surface area contributed by atoms with Crippen molar-refractivity contribution >= 4 is 0 Å². The van der Waals surface area contributed by atoms with Gasteiger partial charge < -0.3 is 14.8 Å². The van der Waals surface area contributed by atoms with Gasteiger partial charge in [0.25, 0.3) is 0 Å². The Kier molecular flexibility index (Phi) is 5.92. The number of nitrogens with one attached hydrogen (secondary N) is 1. The first-order valence-electron chi connectivity index (χ1n) is 8.08. The number of ether oxygens (including phenoxy) is 2. The van der Waals surface area contributed by atoms with E-state index in [1.54, 1.807) is 14.2 Å². The first-order chi connectivity index (χ1) is 10.1. The van der Waals surface area contributed by atoms with Gasteiger partial charge in [0.2, 0.25) is 0 Å². The number of methoxy groups -OCH3 is 2. The predicted octanol–water partition coefficient (Wildman–Crippen LogP) is 3.66. The van der Waals surface area contributed by atoms with Crippen molar-refractivity contribution in [3.05, 3.63) is 23.8 Å². The van der Waals surface area contributed by atoms with Crippen molar-refractivity contribution < 1.29 is 9.47 Å². The molecule has 0 saturated heterocycles. The van der Waals surface area contributed by atoms with E-state index in [-0.39, 0.29) is 0 Å². The quantitative estimate of drug-likeness (QED) is 0.867. The Morgan fingerprint density at radius 2 is 1.86 bits per heavy atom. The molecule has 0 aliphatic heterocycles. The van der Waals surface area contributed by atoms with Gasteiger partial charge >= 0.3 is 0 Å². The van der Waals surface area contributed by atoms with Crippen LogP contribution in [-0.4, -0.2) is 26.8 Å². The second-order valence-corrected chi connectivity index (χ2v) is 6.40. The van der Waals surface area contributed by atoms with Crippen LogP contribution in [0.5, 0.6) is 11.5 Å². The Hall–Kier alpha value is -1.22. The van der Waals surface area contributed by atoms with Crippen molar-refractivity contribution in [2.45, 2.75) is 45.6 Å². The van der Waals surface area contributed by atoms with Gasteiger partial charge in [0, 0.05) is 6.04 Å². The Morgan fingerprint density at radius 1 is 1.10 bits per heavy atom. The van der Waals surface area contributed by atoms with Crippen LogP contribution in [0.25, 0.3) is 0 Å². The van der Waals surface area contributed by atoms with Gasteiger partial charge in [0.05, 0.1) is 14.2 Å². The van der Waals surface area contributed by atoms with Gasteiger partial charge in [-0.05, 0) is 55.3 Å². The molecule has 1 fully saturated rings. The van der Waals surface area contributed by atoms with E-state index < -0.39 is 0 Å². The number of hydrogen-bond donors (Lipinski definition) is 1. The minimum Gasteiger partial charge on any atom is -0.493 e. The van der Waals surface area contributed by atoms with E-state index in [9.17, 15) is 0 Å². The maximum Gasteiger partial charge on any atom is 0.160 e. The van der Waals surface area contributed by atoms with Gasteiger partial charge in [-0.15, -0.1) is 0 Å². The second-order valence-electron chi connectivity index (χ2n) is 6.40. The average molecular weight is 291 g/mol. The highest BCUT2D eigenvalue weighted by atomic mass is 16.5. The topological polar surface area (TPSA) is 30.5 Å². The van der Waals surface area contributed by atoms with E-state index in [1.807, 2.05) is 6.07 Å². The van der Waals surface area contributed by atoms with Crippen LogP contribution in [0.2, 0.25) is 0 Å². The monoisotopic (exact) mass is 291 g/mol. The zero-order valence-electron chi connectivity index (χ0n) is 13.8. The zero-order chi connectivity index (χ0) is 15.2. The molecule has 3 atom stereocenters. The lowest BCUT2D eigenvalue weighted by molar-refractivity contribution is 0.230. The fourth-order valence-electron chi connectivity index (χ4n) is 3.25. The minimum atomic E-state index is 0.675. The van der Waals surface area contributed by atoms with Crippen molar-refractivity contribution in [2.24, 2.45) is 11.8 Å². The van der Waals surface area contributed by atoms with Crippen LogP contribution >= 0.6 is 0 Å². The van der Waals surface area contributed by atoms with Crippen LogP contribution in [0, 0.1) is 11.8 Å². The normalized spacial score (nSPS) is 25.6. The summed E-state index contributed by atoms with van der Waals surface area (Å²) < 4.78 is 10.6. The molecule has 1 aromatic carbocycles. The highest BCUT2D eigenvalue weighted by Crippen LogP contribution is 2.29. The van der Waals surface area contributed by atoms with Crippen LogP contribution in [-0.2, 0) is 6.42 Å². The lowest BCUT2D eigenvalue weighted by Crippen LogP contribution is -2.40.